The highest BCUT2D eigenvalue weighted by Gasteiger charge is 2.26. The Morgan fingerprint density at radius 1 is 1.45 bits per heavy atom. The number of rotatable bonds is 2. The molecule has 0 radical (unpaired) electrons. The minimum absolute atomic E-state index is 0.854. The first-order valence-electron chi connectivity index (χ1n) is 4.79. The predicted molar refractivity (Wildman–Crippen MR) is 49.7 cm³/mol. The minimum atomic E-state index is 0.854. The summed E-state index contributed by atoms with van der Waals surface area (Å²) in [4.78, 5) is 2.52. The van der Waals surface area contributed by atoms with Gasteiger partial charge in [0.25, 0.3) is 0 Å². The van der Waals surface area contributed by atoms with E-state index in [1.807, 2.05) is 0 Å². The number of hydrogen-bond donors (Lipinski definition) is 0. The molecule has 0 amide bonds. The molecule has 0 saturated carbocycles. The molecule has 0 aromatic rings. The first-order chi connectivity index (χ1) is 5.09. The van der Waals surface area contributed by atoms with Gasteiger partial charge in [0.15, 0.2) is 0 Å². The standard InChI is InChI=1S/C10H21N/c1-8(2)5-10-6-9(3)7-11(10)4/h8-10H,5-7H2,1-4H3/t9?,10-/m1/s1. The first kappa shape index (κ1) is 9.05. The summed E-state index contributed by atoms with van der Waals surface area (Å²) in [6.07, 6.45) is 2.79. The van der Waals surface area contributed by atoms with Crippen LogP contribution >= 0.6 is 0 Å². The van der Waals surface area contributed by atoms with E-state index in [0.29, 0.717) is 0 Å². The van der Waals surface area contributed by atoms with Crippen LogP contribution in [0.15, 0.2) is 0 Å². The Morgan fingerprint density at radius 2 is 2.09 bits per heavy atom. The predicted octanol–water partition coefficient (Wildman–Crippen LogP) is 2.37. The monoisotopic (exact) mass is 155 g/mol. The van der Waals surface area contributed by atoms with Gasteiger partial charge >= 0.3 is 0 Å². The zero-order valence-electron chi connectivity index (χ0n) is 8.30. The van der Waals surface area contributed by atoms with Crippen molar-refractivity contribution in [3.05, 3.63) is 0 Å². The number of nitrogens with zero attached hydrogens (tertiary/aromatic N) is 1. The molecule has 1 saturated heterocycles. The average molecular weight is 155 g/mol. The molecule has 1 unspecified atom stereocenters. The van der Waals surface area contributed by atoms with Crippen LogP contribution in [0.25, 0.3) is 0 Å². The van der Waals surface area contributed by atoms with E-state index in [-0.39, 0.29) is 0 Å². The van der Waals surface area contributed by atoms with Crippen molar-refractivity contribution in [1.29, 1.82) is 0 Å². The van der Waals surface area contributed by atoms with Gasteiger partial charge in [-0.3, -0.25) is 0 Å². The van der Waals surface area contributed by atoms with Gasteiger partial charge in [-0.1, -0.05) is 20.8 Å². The summed E-state index contributed by atoms with van der Waals surface area (Å²) in [6, 6.07) is 0.866. The summed E-state index contributed by atoms with van der Waals surface area (Å²) in [7, 11) is 2.26. The van der Waals surface area contributed by atoms with Crippen molar-refractivity contribution in [3.63, 3.8) is 0 Å². The van der Waals surface area contributed by atoms with Crippen LogP contribution in [0, 0.1) is 11.8 Å². The lowest BCUT2D eigenvalue weighted by Gasteiger charge is -2.20. The molecule has 0 aromatic carbocycles. The van der Waals surface area contributed by atoms with Gasteiger partial charge in [0.1, 0.15) is 0 Å². The van der Waals surface area contributed by atoms with Crippen molar-refractivity contribution in [1.82, 2.24) is 4.90 Å². The molecule has 0 bridgehead atoms. The maximum absolute atomic E-state index is 2.52. The SMILES string of the molecule is CC(C)C[C@@H]1CC(C)CN1C. The Bertz CT molecular complexity index is 120. The second-order valence-corrected chi connectivity index (χ2v) is 4.56. The van der Waals surface area contributed by atoms with Gasteiger partial charge in [-0.15, -0.1) is 0 Å². The topological polar surface area (TPSA) is 3.24 Å². The van der Waals surface area contributed by atoms with E-state index < -0.39 is 0 Å². The normalized spacial score (nSPS) is 33.5. The second-order valence-electron chi connectivity index (χ2n) is 4.56. The summed E-state index contributed by atoms with van der Waals surface area (Å²) in [5, 5.41) is 0. The Kier molecular flexibility index (Phi) is 2.94. The average Bonchev–Trinajstić information content (AvgIpc) is 2.09. The Morgan fingerprint density at radius 3 is 2.45 bits per heavy atom. The van der Waals surface area contributed by atoms with Crippen LogP contribution in [0.3, 0.4) is 0 Å². The van der Waals surface area contributed by atoms with Gasteiger partial charge in [-0.05, 0) is 31.7 Å². The molecule has 0 aliphatic carbocycles. The van der Waals surface area contributed by atoms with E-state index in [9.17, 15) is 0 Å². The minimum Gasteiger partial charge on any atom is -0.303 e. The molecule has 0 N–H and O–H groups in total. The first-order valence-corrected chi connectivity index (χ1v) is 4.79. The molecule has 1 fully saturated rings. The van der Waals surface area contributed by atoms with Crippen LogP contribution in [-0.2, 0) is 0 Å². The molecular formula is C10H21N. The molecule has 1 aliphatic rings. The summed E-state index contributed by atoms with van der Waals surface area (Å²) in [5.74, 6) is 1.77. The number of likely N-dealkylation sites (tertiary alicyclic amines) is 1. The molecule has 1 heteroatoms. The molecule has 2 atom stereocenters. The van der Waals surface area contributed by atoms with E-state index in [1.165, 1.54) is 19.4 Å². The Labute approximate surface area is 70.8 Å². The zero-order valence-corrected chi connectivity index (χ0v) is 8.30. The molecule has 1 nitrogen and oxygen atoms in total. The summed E-state index contributed by atoms with van der Waals surface area (Å²) >= 11 is 0. The fraction of sp³-hybridized carbons (Fsp3) is 1.00. The fourth-order valence-corrected chi connectivity index (χ4v) is 2.18. The van der Waals surface area contributed by atoms with Gasteiger partial charge in [-0.25, -0.2) is 0 Å². The van der Waals surface area contributed by atoms with Crippen LogP contribution in [-0.4, -0.2) is 24.5 Å². The summed E-state index contributed by atoms with van der Waals surface area (Å²) < 4.78 is 0. The molecule has 0 aromatic heterocycles. The van der Waals surface area contributed by atoms with Gasteiger partial charge in [0.2, 0.25) is 0 Å². The molecule has 1 heterocycles. The van der Waals surface area contributed by atoms with Gasteiger partial charge in [0, 0.05) is 12.6 Å². The van der Waals surface area contributed by atoms with Crippen molar-refractivity contribution in [2.24, 2.45) is 11.8 Å². The molecule has 66 valence electrons. The molecular weight excluding hydrogens is 134 g/mol. The van der Waals surface area contributed by atoms with Crippen molar-refractivity contribution in [3.8, 4) is 0 Å². The van der Waals surface area contributed by atoms with Crippen molar-refractivity contribution < 1.29 is 0 Å². The van der Waals surface area contributed by atoms with E-state index in [4.69, 9.17) is 0 Å². The molecule has 1 aliphatic heterocycles. The lowest BCUT2D eigenvalue weighted by Crippen LogP contribution is -2.26. The smallest absolute Gasteiger partial charge is 0.00977 e. The molecule has 11 heavy (non-hydrogen) atoms. The van der Waals surface area contributed by atoms with Gasteiger partial charge in [0.05, 0.1) is 0 Å². The van der Waals surface area contributed by atoms with Crippen molar-refractivity contribution in [2.75, 3.05) is 13.6 Å². The van der Waals surface area contributed by atoms with Gasteiger partial charge < -0.3 is 4.90 Å². The maximum atomic E-state index is 2.52. The van der Waals surface area contributed by atoms with E-state index >= 15 is 0 Å². The van der Waals surface area contributed by atoms with E-state index in [0.717, 1.165) is 17.9 Å². The third-order valence-corrected chi connectivity index (χ3v) is 2.64. The quantitative estimate of drug-likeness (QED) is 0.592. The van der Waals surface area contributed by atoms with Crippen LogP contribution < -0.4 is 0 Å². The lowest BCUT2D eigenvalue weighted by molar-refractivity contribution is 0.271. The third kappa shape index (κ3) is 2.48. The largest absolute Gasteiger partial charge is 0.303 e. The lowest BCUT2D eigenvalue weighted by atomic mass is 9.99. The second kappa shape index (κ2) is 3.57. The highest BCUT2D eigenvalue weighted by atomic mass is 15.1. The highest BCUT2D eigenvalue weighted by molar-refractivity contribution is 4.81. The highest BCUT2D eigenvalue weighted by Crippen LogP contribution is 2.25. The van der Waals surface area contributed by atoms with Crippen molar-refractivity contribution in [2.45, 2.75) is 39.7 Å². The maximum Gasteiger partial charge on any atom is 0.00977 e. The fourth-order valence-electron chi connectivity index (χ4n) is 2.18. The van der Waals surface area contributed by atoms with Crippen LogP contribution in [0.1, 0.15) is 33.6 Å². The molecule has 1 rings (SSSR count). The Balaban J connectivity index is 2.34. The zero-order chi connectivity index (χ0) is 8.43. The third-order valence-electron chi connectivity index (χ3n) is 2.64. The summed E-state index contributed by atoms with van der Waals surface area (Å²) in [6.45, 7) is 8.29. The van der Waals surface area contributed by atoms with Crippen LogP contribution in [0.4, 0.5) is 0 Å². The Hall–Kier alpha value is -0.0400. The number of hydrogen-bond acceptors (Lipinski definition) is 1. The van der Waals surface area contributed by atoms with E-state index in [1.54, 1.807) is 0 Å². The summed E-state index contributed by atoms with van der Waals surface area (Å²) in [5.41, 5.74) is 0. The van der Waals surface area contributed by atoms with Gasteiger partial charge in [-0.2, -0.15) is 0 Å². The van der Waals surface area contributed by atoms with E-state index in [2.05, 4.69) is 32.7 Å². The van der Waals surface area contributed by atoms with Crippen molar-refractivity contribution >= 4 is 0 Å². The molecule has 0 spiro atoms. The van der Waals surface area contributed by atoms with Crippen LogP contribution in [0.2, 0.25) is 0 Å². The van der Waals surface area contributed by atoms with Crippen LogP contribution in [0.5, 0.6) is 0 Å².